The highest BCUT2D eigenvalue weighted by atomic mass is 15.0. The van der Waals surface area contributed by atoms with Crippen LogP contribution in [-0.2, 0) is 0 Å². The summed E-state index contributed by atoms with van der Waals surface area (Å²) in [5.74, 6) is 1.93. The van der Waals surface area contributed by atoms with Gasteiger partial charge in [0.05, 0.1) is 27.8 Å². The molecule has 0 atom stereocenters. The van der Waals surface area contributed by atoms with Gasteiger partial charge in [-0.3, -0.25) is 0 Å². The molecule has 0 fully saturated rings. The smallest absolute Gasteiger partial charge is 0.164 e. The topological polar surface area (TPSA) is 48.5 Å². The van der Waals surface area contributed by atoms with Crippen molar-refractivity contribution in [1.29, 1.82) is 0 Å². The van der Waals surface area contributed by atoms with Gasteiger partial charge in [-0.15, -0.1) is 0 Å². The third-order valence-electron chi connectivity index (χ3n) is 11.7. The molecule has 0 N–H and O–H groups in total. The Labute approximate surface area is 346 Å². The summed E-state index contributed by atoms with van der Waals surface area (Å²) < 4.78 is 4.91. The molecule has 0 aliphatic carbocycles. The summed E-state index contributed by atoms with van der Waals surface area (Å²) in [6.45, 7) is 0. The van der Waals surface area contributed by atoms with Crippen LogP contribution in [0, 0.1) is 0 Å². The van der Waals surface area contributed by atoms with Gasteiger partial charge in [-0.1, -0.05) is 170 Å². The van der Waals surface area contributed by atoms with Crippen LogP contribution in [0.1, 0.15) is 0 Å². The summed E-state index contributed by atoms with van der Waals surface area (Å²) in [7, 11) is 0. The molecule has 0 aliphatic rings. The van der Waals surface area contributed by atoms with E-state index >= 15 is 0 Å². The Bertz CT molecular complexity index is 3530. The second-order valence-corrected chi connectivity index (χ2v) is 15.2. The molecule has 0 spiro atoms. The van der Waals surface area contributed by atoms with E-state index in [0.717, 1.165) is 49.9 Å². The largest absolute Gasteiger partial charge is 0.309 e. The Hall–Kier alpha value is -8.15. The van der Waals surface area contributed by atoms with Crippen molar-refractivity contribution < 1.29 is 0 Å². The van der Waals surface area contributed by atoms with Crippen LogP contribution >= 0.6 is 0 Å². The first-order valence-electron chi connectivity index (χ1n) is 20.3. The van der Waals surface area contributed by atoms with Crippen LogP contribution in [0.4, 0.5) is 0 Å². The molecule has 3 aromatic heterocycles. The van der Waals surface area contributed by atoms with E-state index in [2.05, 4.69) is 161 Å². The van der Waals surface area contributed by atoms with Gasteiger partial charge in [0, 0.05) is 49.3 Å². The molecule has 3 heterocycles. The maximum Gasteiger partial charge on any atom is 0.164 e. The van der Waals surface area contributed by atoms with Crippen molar-refractivity contribution >= 4 is 54.4 Å². The van der Waals surface area contributed by atoms with Crippen LogP contribution in [-0.4, -0.2) is 24.1 Å². The van der Waals surface area contributed by atoms with Gasteiger partial charge in [-0.25, -0.2) is 15.0 Å². The summed E-state index contributed by atoms with van der Waals surface area (Å²) in [6.07, 6.45) is 0. The highest BCUT2D eigenvalue weighted by Crippen LogP contribution is 2.43. The van der Waals surface area contributed by atoms with Crippen LogP contribution in [0.25, 0.3) is 111 Å². The van der Waals surface area contributed by atoms with E-state index < -0.39 is 0 Å². The first-order chi connectivity index (χ1) is 29.8. The fourth-order valence-electron chi connectivity index (χ4n) is 9.03. The number of rotatable bonds is 6. The Morgan fingerprint density at radius 2 is 0.850 bits per heavy atom. The van der Waals surface area contributed by atoms with E-state index in [1.165, 1.54) is 43.7 Å². The molecule has 0 aliphatic heterocycles. The SMILES string of the molecule is c1ccc(-c2cccc(-n3c4ccccc4c4ccc5c(c6ccccc6n5-c5cccc6cc(-c7nc(-c8ccccc8)nc(-c8ccccc8)n7)ccc56)c43)c2)cc1. The molecule has 5 nitrogen and oxygen atoms in total. The molecule has 0 radical (unpaired) electrons. The lowest BCUT2D eigenvalue weighted by atomic mass is 10.0. The van der Waals surface area contributed by atoms with Crippen LogP contribution in [0.3, 0.4) is 0 Å². The van der Waals surface area contributed by atoms with Crippen molar-refractivity contribution in [2.75, 3.05) is 0 Å². The first kappa shape index (κ1) is 33.9. The van der Waals surface area contributed by atoms with Crippen molar-refractivity contribution in [1.82, 2.24) is 24.1 Å². The monoisotopic (exact) mass is 765 g/mol. The zero-order valence-electron chi connectivity index (χ0n) is 32.4. The van der Waals surface area contributed by atoms with Gasteiger partial charge in [-0.2, -0.15) is 0 Å². The van der Waals surface area contributed by atoms with E-state index in [-0.39, 0.29) is 0 Å². The van der Waals surface area contributed by atoms with Crippen molar-refractivity contribution in [3.8, 4) is 56.7 Å². The maximum absolute atomic E-state index is 5.03. The summed E-state index contributed by atoms with van der Waals surface area (Å²) >= 11 is 0. The Kier molecular flexibility index (Phi) is 7.78. The van der Waals surface area contributed by atoms with E-state index in [0.29, 0.717) is 17.5 Å². The minimum atomic E-state index is 0.637. The second kappa shape index (κ2) is 13.8. The molecule has 5 heteroatoms. The number of fused-ring (bicyclic) bond motifs is 8. The molecule has 0 saturated heterocycles. The summed E-state index contributed by atoms with van der Waals surface area (Å²) in [5, 5.41) is 7.15. The Balaban J connectivity index is 1.07. The lowest BCUT2D eigenvalue weighted by Gasteiger charge is -2.14. The normalized spacial score (nSPS) is 11.7. The van der Waals surface area contributed by atoms with E-state index in [4.69, 9.17) is 15.0 Å². The van der Waals surface area contributed by atoms with Crippen LogP contribution < -0.4 is 0 Å². The van der Waals surface area contributed by atoms with Crippen molar-refractivity contribution in [3.63, 3.8) is 0 Å². The molecule has 12 aromatic rings. The van der Waals surface area contributed by atoms with Gasteiger partial charge in [0.1, 0.15) is 0 Å². The molecule has 9 aromatic carbocycles. The fraction of sp³-hybridized carbons (Fsp3) is 0. The van der Waals surface area contributed by atoms with Gasteiger partial charge < -0.3 is 9.13 Å². The molecule has 60 heavy (non-hydrogen) atoms. The number of hydrogen-bond acceptors (Lipinski definition) is 3. The Morgan fingerprint density at radius 1 is 0.300 bits per heavy atom. The van der Waals surface area contributed by atoms with Crippen molar-refractivity contribution in [2.24, 2.45) is 0 Å². The summed E-state index contributed by atoms with van der Waals surface area (Å²) in [4.78, 5) is 15.0. The molecular formula is C55H35N5. The molecule has 0 saturated carbocycles. The van der Waals surface area contributed by atoms with E-state index in [1.807, 2.05) is 60.7 Å². The first-order valence-corrected chi connectivity index (χ1v) is 20.3. The third-order valence-corrected chi connectivity index (χ3v) is 11.7. The maximum atomic E-state index is 5.03. The number of hydrogen-bond donors (Lipinski definition) is 0. The van der Waals surface area contributed by atoms with Crippen LogP contribution in [0.5, 0.6) is 0 Å². The summed E-state index contributed by atoms with van der Waals surface area (Å²) in [5.41, 5.74) is 12.2. The quantitative estimate of drug-likeness (QED) is 0.169. The van der Waals surface area contributed by atoms with Gasteiger partial charge in [0.25, 0.3) is 0 Å². The lowest BCUT2D eigenvalue weighted by Crippen LogP contribution is -2.00. The second-order valence-electron chi connectivity index (χ2n) is 15.2. The van der Waals surface area contributed by atoms with Gasteiger partial charge in [0.2, 0.25) is 0 Å². The zero-order chi connectivity index (χ0) is 39.6. The van der Waals surface area contributed by atoms with Gasteiger partial charge in [-0.05, 0) is 59.0 Å². The minimum absolute atomic E-state index is 0.637. The number of nitrogens with zero attached hydrogens (tertiary/aromatic N) is 5. The minimum Gasteiger partial charge on any atom is -0.309 e. The predicted molar refractivity (Wildman–Crippen MR) is 248 cm³/mol. The average Bonchev–Trinajstić information content (AvgIpc) is 3.85. The van der Waals surface area contributed by atoms with Gasteiger partial charge in [0.15, 0.2) is 17.5 Å². The Morgan fingerprint density at radius 3 is 1.55 bits per heavy atom. The molecule has 0 amide bonds. The number of benzene rings is 9. The molecular weight excluding hydrogens is 731 g/mol. The molecule has 12 rings (SSSR count). The highest BCUT2D eigenvalue weighted by molar-refractivity contribution is 6.26. The molecule has 0 bridgehead atoms. The fourth-order valence-corrected chi connectivity index (χ4v) is 9.03. The molecule has 0 unspecified atom stereocenters. The average molecular weight is 766 g/mol. The number of aromatic nitrogens is 5. The standard InChI is InChI=1S/C55H35N5/c1-4-16-36(17-5-1)39-22-14-24-42(35-39)59-48-27-12-10-25-44(48)45-32-33-50-51(52(45)59)46-26-11-13-28-49(46)60(50)47-29-15-23-40-34-41(30-31-43(40)47)55-57-53(37-18-6-2-7-19-37)56-54(58-55)38-20-8-3-9-21-38/h1-35H. The predicted octanol–water partition coefficient (Wildman–Crippen LogP) is 13.9. The van der Waals surface area contributed by atoms with Crippen molar-refractivity contribution in [2.45, 2.75) is 0 Å². The molecule has 280 valence electrons. The van der Waals surface area contributed by atoms with E-state index in [9.17, 15) is 0 Å². The lowest BCUT2D eigenvalue weighted by molar-refractivity contribution is 1.07. The van der Waals surface area contributed by atoms with Crippen LogP contribution in [0.15, 0.2) is 212 Å². The zero-order valence-corrected chi connectivity index (χ0v) is 32.4. The third kappa shape index (κ3) is 5.44. The highest BCUT2D eigenvalue weighted by Gasteiger charge is 2.22. The van der Waals surface area contributed by atoms with Crippen LogP contribution in [0.2, 0.25) is 0 Å². The summed E-state index contributed by atoms with van der Waals surface area (Å²) in [6, 6.07) is 75.2. The number of para-hydroxylation sites is 2. The van der Waals surface area contributed by atoms with E-state index in [1.54, 1.807) is 0 Å². The van der Waals surface area contributed by atoms with Crippen molar-refractivity contribution in [3.05, 3.63) is 212 Å². The van der Waals surface area contributed by atoms with Gasteiger partial charge >= 0.3 is 0 Å².